The Labute approximate surface area is 96.7 Å². The van der Waals surface area contributed by atoms with Gasteiger partial charge in [0.25, 0.3) is 0 Å². The fourth-order valence-corrected chi connectivity index (χ4v) is 2.07. The predicted molar refractivity (Wildman–Crippen MR) is 64.1 cm³/mol. The Kier molecular flexibility index (Phi) is 3.44. The van der Waals surface area contributed by atoms with E-state index in [4.69, 9.17) is 0 Å². The molecule has 1 aromatic rings. The van der Waals surface area contributed by atoms with Crippen LogP contribution in [0.4, 0.5) is 4.79 Å². The zero-order valence-electron chi connectivity index (χ0n) is 9.72. The molecular formula is C13H18N2O. The van der Waals surface area contributed by atoms with Gasteiger partial charge in [-0.1, -0.05) is 30.3 Å². The van der Waals surface area contributed by atoms with Gasteiger partial charge in [-0.2, -0.15) is 0 Å². The highest BCUT2D eigenvalue weighted by Crippen LogP contribution is 2.11. The van der Waals surface area contributed by atoms with Gasteiger partial charge in [0.1, 0.15) is 0 Å². The monoisotopic (exact) mass is 218 g/mol. The summed E-state index contributed by atoms with van der Waals surface area (Å²) in [5.41, 5.74) is 1.18. The fraction of sp³-hybridized carbons (Fsp3) is 0.462. The highest BCUT2D eigenvalue weighted by Gasteiger charge is 2.20. The van der Waals surface area contributed by atoms with Gasteiger partial charge in [-0.25, -0.2) is 4.79 Å². The minimum absolute atomic E-state index is 0.154. The third-order valence-corrected chi connectivity index (χ3v) is 2.97. The van der Waals surface area contributed by atoms with Crippen molar-refractivity contribution in [2.24, 2.45) is 0 Å². The zero-order valence-corrected chi connectivity index (χ0v) is 9.72. The van der Waals surface area contributed by atoms with Crippen molar-refractivity contribution in [1.29, 1.82) is 0 Å². The van der Waals surface area contributed by atoms with Crippen LogP contribution in [0.1, 0.15) is 18.4 Å². The molecule has 1 aromatic carbocycles. The Morgan fingerprint density at radius 1 is 1.25 bits per heavy atom. The van der Waals surface area contributed by atoms with Crippen LogP contribution in [0.2, 0.25) is 0 Å². The maximum absolute atomic E-state index is 12.0. The van der Waals surface area contributed by atoms with Gasteiger partial charge >= 0.3 is 6.03 Å². The fourth-order valence-electron chi connectivity index (χ4n) is 2.07. The minimum Gasteiger partial charge on any atom is -0.325 e. The number of hydrogen-bond acceptors (Lipinski definition) is 1. The summed E-state index contributed by atoms with van der Waals surface area (Å²) in [6.07, 6.45) is 2.29. The van der Waals surface area contributed by atoms with Gasteiger partial charge in [-0.15, -0.1) is 0 Å². The van der Waals surface area contributed by atoms with Gasteiger partial charge in [0.15, 0.2) is 0 Å². The average molecular weight is 218 g/mol. The van der Waals surface area contributed by atoms with E-state index in [0.717, 1.165) is 25.9 Å². The van der Waals surface area contributed by atoms with Crippen molar-refractivity contribution in [3.05, 3.63) is 35.9 Å². The van der Waals surface area contributed by atoms with E-state index in [-0.39, 0.29) is 6.03 Å². The van der Waals surface area contributed by atoms with Gasteiger partial charge in [0.2, 0.25) is 0 Å². The van der Waals surface area contributed by atoms with Crippen LogP contribution in [0.15, 0.2) is 30.3 Å². The van der Waals surface area contributed by atoms with Crippen LogP contribution in [-0.4, -0.2) is 36.0 Å². The Hall–Kier alpha value is -1.51. The van der Waals surface area contributed by atoms with Crippen molar-refractivity contribution in [2.75, 3.05) is 20.1 Å². The van der Waals surface area contributed by atoms with Crippen molar-refractivity contribution in [2.45, 2.75) is 19.4 Å². The van der Waals surface area contributed by atoms with E-state index in [9.17, 15) is 4.79 Å². The van der Waals surface area contributed by atoms with Crippen LogP contribution in [0.25, 0.3) is 0 Å². The van der Waals surface area contributed by atoms with E-state index in [2.05, 4.69) is 0 Å². The molecule has 0 saturated carbocycles. The number of nitrogens with zero attached hydrogens (tertiary/aromatic N) is 2. The first-order chi connectivity index (χ1) is 7.77. The van der Waals surface area contributed by atoms with Gasteiger partial charge in [-0.05, 0) is 18.4 Å². The number of hydrogen-bond donors (Lipinski definition) is 0. The molecule has 1 aliphatic rings. The Bertz CT molecular complexity index is 344. The molecule has 1 fully saturated rings. The molecule has 16 heavy (non-hydrogen) atoms. The number of carbonyl (C=O) groups excluding carboxylic acids is 1. The lowest BCUT2D eigenvalue weighted by atomic mass is 10.2. The number of amides is 2. The predicted octanol–water partition coefficient (Wildman–Crippen LogP) is 2.33. The second kappa shape index (κ2) is 5.01. The maximum Gasteiger partial charge on any atom is 0.320 e. The van der Waals surface area contributed by atoms with Gasteiger partial charge in [-0.3, -0.25) is 0 Å². The van der Waals surface area contributed by atoms with E-state index in [1.807, 2.05) is 42.3 Å². The largest absolute Gasteiger partial charge is 0.325 e. The van der Waals surface area contributed by atoms with Crippen molar-refractivity contribution in [3.8, 4) is 0 Å². The normalized spacial score (nSPS) is 15.2. The molecule has 0 spiro atoms. The second-order valence-corrected chi connectivity index (χ2v) is 4.32. The van der Waals surface area contributed by atoms with Crippen molar-refractivity contribution >= 4 is 6.03 Å². The summed E-state index contributed by atoms with van der Waals surface area (Å²) in [7, 11) is 1.87. The lowest BCUT2D eigenvalue weighted by molar-refractivity contribution is 0.171. The van der Waals surface area contributed by atoms with Crippen LogP contribution in [0, 0.1) is 0 Å². The molecule has 0 aromatic heterocycles. The minimum atomic E-state index is 0.154. The summed E-state index contributed by atoms with van der Waals surface area (Å²) in [5.74, 6) is 0. The molecule has 0 atom stereocenters. The SMILES string of the molecule is CN(Cc1ccccc1)C(=O)N1CCCC1. The molecule has 0 radical (unpaired) electrons. The molecule has 2 rings (SSSR count). The lowest BCUT2D eigenvalue weighted by Gasteiger charge is -2.24. The standard InChI is InChI=1S/C13H18N2O/c1-14(11-12-7-3-2-4-8-12)13(16)15-9-5-6-10-15/h2-4,7-8H,5-6,9-11H2,1H3. The quantitative estimate of drug-likeness (QED) is 0.747. The molecular weight excluding hydrogens is 200 g/mol. The molecule has 0 bridgehead atoms. The first-order valence-electron chi connectivity index (χ1n) is 5.81. The van der Waals surface area contributed by atoms with Crippen LogP contribution >= 0.6 is 0 Å². The van der Waals surface area contributed by atoms with Crippen LogP contribution in [0.3, 0.4) is 0 Å². The average Bonchev–Trinajstić information content (AvgIpc) is 2.83. The van der Waals surface area contributed by atoms with E-state index in [1.54, 1.807) is 4.90 Å². The molecule has 0 unspecified atom stereocenters. The Morgan fingerprint density at radius 3 is 2.50 bits per heavy atom. The lowest BCUT2D eigenvalue weighted by Crippen LogP contribution is -2.38. The number of likely N-dealkylation sites (tertiary alicyclic amines) is 1. The summed E-state index contributed by atoms with van der Waals surface area (Å²) in [4.78, 5) is 15.7. The topological polar surface area (TPSA) is 23.6 Å². The summed E-state index contributed by atoms with van der Waals surface area (Å²) < 4.78 is 0. The van der Waals surface area contributed by atoms with Gasteiger partial charge < -0.3 is 9.80 Å². The number of urea groups is 1. The van der Waals surface area contributed by atoms with Crippen molar-refractivity contribution in [3.63, 3.8) is 0 Å². The summed E-state index contributed by atoms with van der Waals surface area (Å²) >= 11 is 0. The molecule has 1 saturated heterocycles. The molecule has 0 N–H and O–H groups in total. The Balaban J connectivity index is 1.92. The van der Waals surface area contributed by atoms with Crippen LogP contribution in [-0.2, 0) is 6.54 Å². The molecule has 3 nitrogen and oxygen atoms in total. The first kappa shape index (κ1) is 11.0. The number of rotatable bonds is 2. The first-order valence-corrected chi connectivity index (χ1v) is 5.81. The Morgan fingerprint density at radius 2 is 1.88 bits per heavy atom. The summed E-state index contributed by atoms with van der Waals surface area (Å²) in [6, 6.07) is 10.3. The van der Waals surface area contributed by atoms with E-state index in [1.165, 1.54) is 5.56 Å². The highest BCUT2D eigenvalue weighted by atomic mass is 16.2. The maximum atomic E-state index is 12.0. The van der Waals surface area contributed by atoms with E-state index < -0.39 is 0 Å². The molecule has 0 aliphatic carbocycles. The number of benzene rings is 1. The smallest absolute Gasteiger partial charge is 0.320 e. The molecule has 1 heterocycles. The summed E-state index contributed by atoms with van der Waals surface area (Å²) in [5, 5.41) is 0. The van der Waals surface area contributed by atoms with Crippen molar-refractivity contribution in [1.82, 2.24) is 9.80 Å². The molecule has 3 heteroatoms. The number of carbonyl (C=O) groups is 1. The molecule has 2 amide bonds. The highest BCUT2D eigenvalue weighted by molar-refractivity contribution is 5.74. The van der Waals surface area contributed by atoms with Crippen LogP contribution < -0.4 is 0 Å². The third kappa shape index (κ3) is 2.54. The van der Waals surface area contributed by atoms with Gasteiger partial charge in [0, 0.05) is 26.7 Å². The molecule has 1 aliphatic heterocycles. The third-order valence-electron chi connectivity index (χ3n) is 2.97. The van der Waals surface area contributed by atoms with E-state index in [0.29, 0.717) is 6.54 Å². The zero-order chi connectivity index (χ0) is 11.4. The van der Waals surface area contributed by atoms with E-state index >= 15 is 0 Å². The second-order valence-electron chi connectivity index (χ2n) is 4.32. The summed E-state index contributed by atoms with van der Waals surface area (Å²) in [6.45, 7) is 2.52. The van der Waals surface area contributed by atoms with Crippen LogP contribution in [0.5, 0.6) is 0 Å². The van der Waals surface area contributed by atoms with Crippen molar-refractivity contribution < 1.29 is 4.79 Å². The van der Waals surface area contributed by atoms with Gasteiger partial charge in [0.05, 0.1) is 0 Å². The molecule has 86 valence electrons.